The Morgan fingerprint density at radius 2 is 1.71 bits per heavy atom. The van der Waals surface area contributed by atoms with Gasteiger partial charge in [-0.1, -0.05) is 39.0 Å². The molecule has 17 heavy (non-hydrogen) atoms. The van der Waals surface area contributed by atoms with E-state index in [1.54, 1.807) is 0 Å². The highest BCUT2D eigenvalue weighted by atomic mass is 32.2. The summed E-state index contributed by atoms with van der Waals surface area (Å²) in [5, 5.41) is -1.89. The number of rotatable bonds is 10. The first-order valence-corrected chi connectivity index (χ1v) is 7.48. The predicted octanol–water partition coefficient (Wildman–Crippen LogP) is 2.53. The number of hydrogen-bond acceptors (Lipinski definition) is 3. The highest BCUT2D eigenvalue weighted by Gasteiger charge is 2.30. The topological polar surface area (TPSA) is 71.4 Å². The Morgan fingerprint density at radius 1 is 1.18 bits per heavy atom. The quantitative estimate of drug-likeness (QED) is 0.488. The molecule has 0 aliphatic heterocycles. The summed E-state index contributed by atoms with van der Waals surface area (Å²) < 4.78 is 42.3. The number of hydrogen-bond donors (Lipinski definition) is 1. The zero-order chi connectivity index (χ0) is 13.3. The Bertz CT molecular complexity index is 313. The van der Waals surface area contributed by atoms with Gasteiger partial charge in [-0.2, -0.15) is 8.42 Å². The van der Waals surface area contributed by atoms with Crippen molar-refractivity contribution in [2.24, 2.45) is 0 Å². The van der Waals surface area contributed by atoms with E-state index < -0.39 is 27.8 Å². The van der Waals surface area contributed by atoms with Gasteiger partial charge in [-0.05, 0) is 6.42 Å². The lowest BCUT2D eigenvalue weighted by Gasteiger charge is -2.08. The van der Waals surface area contributed by atoms with Crippen LogP contribution < -0.4 is 0 Å². The fourth-order valence-electron chi connectivity index (χ4n) is 1.57. The highest BCUT2D eigenvalue weighted by Crippen LogP contribution is 2.11. The summed E-state index contributed by atoms with van der Waals surface area (Å²) in [5.74, 6) is -0.731. The van der Waals surface area contributed by atoms with E-state index >= 15 is 0 Å². The molecule has 0 saturated heterocycles. The molecule has 0 radical (unpaired) electrons. The van der Waals surface area contributed by atoms with E-state index in [0.717, 1.165) is 32.1 Å². The lowest BCUT2D eigenvalue weighted by Crippen LogP contribution is -2.31. The molecule has 0 rings (SSSR count). The molecule has 0 saturated carbocycles. The summed E-state index contributed by atoms with van der Waals surface area (Å²) in [6.45, 7) is 0.745. The monoisotopic (exact) mass is 268 g/mol. The first kappa shape index (κ1) is 16.5. The van der Waals surface area contributed by atoms with Crippen LogP contribution >= 0.6 is 0 Å². The molecule has 102 valence electrons. The molecule has 0 aliphatic carbocycles. The molecule has 4 nitrogen and oxygen atoms in total. The van der Waals surface area contributed by atoms with E-state index in [9.17, 15) is 17.6 Å². The molecule has 1 unspecified atom stereocenters. The summed E-state index contributed by atoms with van der Waals surface area (Å²) in [6.07, 6.45) is 5.76. The lowest BCUT2D eigenvalue weighted by molar-refractivity contribution is -0.119. The van der Waals surface area contributed by atoms with E-state index in [4.69, 9.17) is 4.55 Å². The maximum atomic E-state index is 12.3. The number of carbonyl (C=O) groups is 1. The zero-order valence-electron chi connectivity index (χ0n) is 10.2. The Labute approximate surface area is 102 Å². The summed E-state index contributed by atoms with van der Waals surface area (Å²) in [4.78, 5) is 11.3. The van der Waals surface area contributed by atoms with Crippen LogP contribution in [0, 0.1) is 0 Å². The minimum Gasteiger partial charge on any atom is -0.298 e. The van der Waals surface area contributed by atoms with Crippen LogP contribution in [-0.4, -0.2) is 30.7 Å². The number of Topliss-reactive ketones (excluding diaryl/α,β-unsaturated/α-hetero) is 1. The van der Waals surface area contributed by atoms with Crippen molar-refractivity contribution >= 4 is 15.9 Å². The molecule has 0 aromatic heterocycles. The van der Waals surface area contributed by atoms with Crippen molar-refractivity contribution in [1.29, 1.82) is 0 Å². The first-order chi connectivity index (χ1) is 7.93. The Morgan fingerprint density at radius 3 is 2.18 bits per heavy atom. The normalized spacial score (nSPS) is 13.6. The van der Waals surface area contributed by atoms with Gasteiger partial charge in [0.2, 0.25) is 0 Å². The van der Waals surface area contributed by atoms with Crippen LogP contribution in [-0.2, 0) is 14.9 Å². The first-order valence-electron chi connectivity index (χ1n) is 5.98. The molecular weight excluding hydrogens is 247 g/mol. The van der Waals surface area contributed by atoms with Crippen LogP contribution in [0.5, 0.6) is 0 Å². The summed E-state index contributed by atoms with van der Waals surface area (Å²) in [6, 6.07) is 0. The van der Waals surface area contributed by atoms with Crippen molar-refractivity contribution in [3.8, 4) is 0 Å². The van der Waals surface area contributed by atoms with Crippen molar-refractivity contribution < 1.29 is 22.2 Å². The molecule has 0 aromatic rings. The van der Waals surface area contributed by atoms with Gasteiger partial charge >= 0.3 is 0 Å². The van der Waals surface area contributed by atoms with Crippen LogP contribution in [0.3, 0.4) is 0 Å². The second kappa shape index (κ2) is 8.58. The van der Waals surface area contributed by atoms with Gasteiger partial charge in [0.25, 0.3) is 10.1 Å². The molecule has 0 amide bonds. The van der Waals surface area contributed by atoms with Gasteiger partial charge in [0, 0.05) is 6.42 Å². The lowest BCUT2D eigenvalue weighted by atomic mass is 10.1. The van der Waals surface area contributed by atoms with Crippen LogP contribution in [0.1, 0.15) is 51.9 Å². The number of halogens is 1. The van der Waals surface area contributed by atoms with Gasteiger partial charge in [0.1, 0.15) is 6.67 Å². The molecule has 0 heterocycles. The van der Waals surface area contributed by atoms with Crippen molar-refractivity contribution in [2.75, 3.05) is 6.67 Å². The highest BCUT2D eigenvalue weighted by molar-refractivity contribution is 7.87. The number of alkyl halides is 1. The second-order valence-electron chi connectivity index (χ2n) is 4.14. The third-order valence-electron chi connectivity index (χ3n) is 2.64. The molecular formula is C11H21FO4S. The summed E-state index contributed by atoms with van der Waals surface area (Å²) in [5.41, 5.74) is 0. The van der Waals surface area contributed by atoms with Gasteiger partial charge in [-0.3, -0.25) is 9.35 Å². The van der Waals surface area contributed by atoms with Gasteiger partial charge < -0.3 is 0 Å². The van der Waals surface area contributed by atoms with Gasteiger partial charge in [-0.15, -0.1) is 0 Å². The molecule has 0 aliphatic rings. The van der Waals surface area contributed by atoms with E-state index in [1.807, 2.05) is 0 Å². The Kier molecular flexibility index (Phi) is 8.33. The Hall–Kier alpha value is -0.490. The van der Waals surface area contributed by atoms with E-state index in [1.165, 1.54) is 0 Å². The Balaban J connectivity index is 3.85. The number of unbranched alkanes of at least 4 members (excludes halogenated alkanes) is 5. The average molecular weight is 268 g/mol. The minimum absolute atomic E-state index is 0.0144. The molecule has 1 N–H and O–H groups in total. The predicted molar refractivity (Wildman–Crippen MR) is 64.3 cm³/mol. The standard InChI is InChI=1S/C11H21FO4S/c1-2-3-4-5-6-7-8-10(13)11(9-12)17(14,15)16/h11H,2-9H2,1H3,(H,14,15,16). The summed E-state index contributed by atoms with van der Waals surface area (Å²) in [7, 11) is -4.59. The van der Waals surface area contributed by atoms with Gasteiger partial charge in [-0.25, -0.2) is 4.39 Å². The van der Waals surface area contributed by atoms with Crippen molar-refractivity contribution in [2.45, 2.75) is 57.1 Å². The molecule has 0 fully saturated rings. The van der Waals surface area contributed by atoms with E-state index in [-0.39, 0.29) is 6.42 Å². The third kappa shape index (κ3) is 7.44. The zero-order valence-corrected chi connectivity index (χ0v) is 11.0. The molecule has 1 atom stereocenters. The minimum atomic E-state index is -4.59. The van der Waals surface area contributed by atoms with Crippen LogP contribution in [0.15, 0.2) is 0 Å². The van der Waals surface area contributed by atoms with Crippen molar-refractivity contribution in [3.05, 3.63) is 0 Å². The molecule has 0 spiro atoms. The van der Waals surface area contributed by atoms with Gasteiger partial charge in [0.05, 0.1) is 0 Å². The average Bonchev–Trinajstić information content (AvgIpc) is 2.22. The molecule has 0 bridgehead atoms. The fraction of sp³-hybridized carbons (Fsp3) is 0.909. The van der Waals surface area contributed by atoms with Crippen molar-refractivity contribution in [3.63, 3.8) is 0 Å². The number of carbonyl (C=O) groups excluding carboxylic acids is 1. The number of ketones is 1. The van der Waals surface area contributed by atoms with Crippen LogP contribution in [0.25, 0.3) is 0 Å². The maximum absolute atomic E-state index is 12.3. The second-order valence-corrected chi connectivity index (χ2v) is 5.74. The van der Waals surface area contributed by atoms with E-state index in [0.29, 0.717) is 6.42 Å². The SMILES string of the molecule is CCCCCCCCC(=O)C(CF)S(=O)(=O)O. The maximum Gasteiger partial charge on any atom is 0.277 e. The molecule has 0 aromatic carbocycles. The van der Waals surface area contributed by atoms with E-state index in [2.05, 4.69) is 6.92 Å². The largest absolute Gasteiger partial charge is 0.298 e. The van der Waals surface area contributed by atoms with Crippen LogP contribution in [0.4, 0.5) is 4.39 Å². The summed E-state index contributed by atoms with van der Waals surface area (Å²) >= 11 is 0. The molecule has 6 heteroatoms. The smallest absolute Gasteiger partial charge is 0.277 e. The van der Waals surface area contributed by atoms with Gasteiger partial charge in [0.15, 0.2) is 11.0 Å². The third-order valence-corrected chi connectivity index (χ3v) is 3.74. The van der Waals surface area contributed by atoms with Crippen molar-refractivity contribution in [1.82, 2.24) is 0 Å². The fourth-order valence-corrected chi connectivity index (χ4v) is 2.18. The van der Waals surface area contributed by atoms with Crippen LogP contribution in [0.2, 0.25) is 0 Å².